The maximum absolute atomic E-state index is 11.5. The van der Waals surface area contributed by atoms with Gasteiger partial charge in [0.1, 0.15) is 5.75 Å². The Morgan fingerprint density at radius 2 is 1.24 bits per heavy atom. The van der Waals surface area contributed by atoms with E-state index in [1.807, 2.05) is 6.92 Å². The molecule has 6 N–H and O–H groups in total. The fourth-order valence-electron chi connectivity index (χ4n) is 3.80. The molecule has 0 saturated carbocycles. The zero-order valence-electron chi connectivity index (χ0n) is 20.6. The van der Waals surface area contributed by atoms with E-state index in [4.69, 9.17) is 14.9 Å². The zero-order valence-corrected chi connectivity index (χ0v) is 20.6. The second kappa shape index (κ2) is 16.4. The smallest absolute Gasteiger partial charge is 0.317 e. The van der Waals surface area contributed by atoms with Crippen LogP contribution in [0.25, 0.3) is 0 Å². The van der Waals surface area contributed by atoms with Gasteiger partial charge in [-0.25, -0.2) is 0 Å². The monoisotopic (exact) mass is 529 g/mol. The maximum Gasteiger partial charge on any atom is 0.317 e. The molecular weight excluding hydrogens is 494 g/mol. The molecule has 0 aromatic heterocycles. The molecule has 14 heteroatoms. The third-order valence-corrected chi connectivity index (χ3v) is 5.24. The molecule has 0 amide bonds. The lowest BCUT2D eigenvalue weighted by molar-refractivity contribution is -0.143. The maximum atomic E-state index is 11.5. The van der Waals surface area contributed by atoms with E-state index < -0.39 is 68.9 Å². The van der Waals surface area contributed by atoms with Crippen molar-refractivity contribution in [3.63, 3.8) is 0 Å². The summed E-state index contributed by atoms with van der Waals surface area (Å²) in [5.74, 6) is -4.29. The number of aliphatic hydroxyl groups is 2. The number of carbonyl (C=O) groups is 4. The van der Waals surface area contributed by atoms with Gasteiger partial charge in [0.25, 0.3) is 0 Å². The minimum Gasteiger partial charge on any atom is -0.494 e. The predicted molar refractivity (Wildman–Crippen MR) is 128 cm³/mol. The zero-order chi connectivity index (χ0) is 28.0. The number of hydrogen-bond donors (Lipinski definition) is 6. The van der Waals surface area contributed by atoms with Crippen molar-refractivity contribution in [2.45, 2.75) is 25.7 Å². The molecule has 14 nitrogen and oxygen atoms in total. The van der Waals surface area contributed by atoms with Crippen molar-refractivity contribution in [3.8, 4) is 5.75 Å². The van der Waals surface area contributed by atoms with Crippen LogP contribution in [0.2, 0.25) is 0 Å². The van der Waals surface area contributed by atoms with Crippen LogP contribution in [0.3, 0.4) is 0 Å². The molecule has 1 atom stereocenters. The van der Waals surface area contributed by atoms with Gasteiger partial charge < -0.3 is 35.4 Å². The molecule has 0 unspecified atom stereocenters. The number of carboxylic acids is 4. The largest absolute Gasteiger partial charge is 0.494 e. The second-order valence-electron chi connectivity index (χ2n) is 8.37. The van der Waals surface area contributed by atoms with E-state index in [2.05, 4.69) is 0 Å². The molecule has 208 valence electrons. The van der Waals surface area contributed by atoms with Crippen molar-refractivity contribution in [2.24, 2.45) is 0 Å². The number of nitrogens with zero attached hydrogens (tertiary/aromatic N) is 3. The number of aliphatic hydroxyl groups excluding tert-OH is 1. The lowest BCUT2D eigenvalue weighted by Crippen LogP contribution is -2.52. The van der Waals surface area contributed by atoms with Gasteiger partial charge in [0.15, 0.2) is 6.29 Å². The minimum absolute atomic E-state index is 0.0325. The average Bonchev–Trinajstić information content (AvgIpc) is 2.76. The van der Waals surface area contributed by atoms with Crippen molar-refractivity contribution in [3.05, 3.63) is 29.8 Å². The summed E-state index contributed by atoms with van der Waals surface area (Å²) in [6.45, 7) is -0.437. The quantitative estimate of drug-likeness (QED) is 0.107. The van der Waals surface area contributed by atoms with Gasteiger partial charge in [-0.05, 0) is 31.0 Å². The van der Waals surface area contributed by atoms with Crippen LogP contribution in [0.4, 0.5) is 0 Å². The van der Waals surface area contributed by atoms with Gasteiger partial charge >= 0.3 is 23.9 Å². The third kappa shape index (κ3) is 14.1. The molecular formula is C23H35N3O11. The summed E-state index contributed by atoms with van der Waals surface area (Å²) in [6.07, 6.45) is -1.63. The minimum atomic E-state index is -1.85. The van der Waals surface area contributed by atoms with Gasteiger partial charge in [-0.1, -0.05) is 12.1 Å². The second-order valence-corrected chi connectivity index (χ2v) is 8.37. The summed E-state index contributed by atoms with van der Waals surface area (Å²) in [4.78, 5) is 49.1. The SMILES string of the molecule is CCOc1ccc(C[C@@H](CN(CCN(CC(=O)O)CC(=O)O)CC(=O)O)N(CC(=O)O)CC(O)O)cc1. The number of carboxylic acid groups (broad SMARTS) is 4. The molecule has 0 aliphatic heterocycles. The molecule has 0 fully saturated rings. The van der Waals surface area contributed by atoms with E-state index in [0.29, 0.717) is 12.4 Å². The highest BCUT2D eigenvalue weighted by Gasteiger charge is 2.27. The van der Waals surface area contributed by atoms with E-state index in [0.717, 1.165) is 10.5 Å². The molecule has 37 heavy (non-hydrogen) atoms. The van der Waals surface area contributed by atoms with Crippen LogP contribution in [0.5, 0.6) is 5.75 Å². The Labute approximate surface area is 213 Å². The lowest BCUT2D eigenvalue weighted by Gasteiger charge is -2.35. The molecule has 0 radical (unpaired) electrons. The summed E-state index contributed by atoms with van der Waals surface area (Å²) in [6, 6.07) is 6.28. The van der Waals surface area contributed by atoms with Crippen molar-refractivity contribution >= 4 is 23.9 Å². The third-order valence-electron chi connectivity index (χ3n) is 5.24. The van der Waals surface area contributed by atoms with Gasteiger partial charge in [-0.3, -0.25) is 33.9 Å². The Kier molecular flexibility index (Phi) is 14.1. The van der Waals surface area contributed by atoms with E-state index in [1.54, 1.807) is 24.3 Å². The molecule has 0 aliphatic rings. The topological polar surface area (TPSA) is 209 Å². The molecule has 0 bridgehead atoms. The molecule has 0 aliphatic carbocycles. The van der Waals surface area contributed by atoms with Crippen LogP contribution in [-0.4, -0.2) is 141 Å². The summed E-state index contributed by atoms with van der Waals surface area (Å²) in [5.41, 5.74) is 0.755. The van der Waals surface area contributed by atoms with Crippen molar-refractivity contribution in [1.82, 2.24) is 14.7 Å². The Bertz CT molecular complexity index is 863. The Balaban J connectivity index is 3.19. The molecule has 1 rings (SSSR count). The van der Waals surface area contributed by atoms with E-state index in [-0.39, 0.29) is 26.1 Å². The standard InChI is InChI=1S/C23H35N3O11/c1-2-37-18-5-3-16(4-6-18)9-17(26(14-22(33)34)15-23(35)36)10-24(11-19(27)28)7-8-25(12-20(29)30)13-21(31)32/h3-6,17,22,33-34H,2,7-15H2,1H3,(H,27,28)(H,29,30)(H,31,32)(H,35,36)/t17-/m0/s1. The highest BCUT2D eigenvalue weighted by molar-refractivity contribution is 5.72. The summed E-state index contributed by atoms with van der Waals surface area (Å²) < 4.78 is 5.42. The van der Waals surface area contributed by atoms with E-state index >= 15 is 0 Å². The summed E-state index contributed by atoms with van der Waals surface area (Å²) >= 11 is 0. The van der Waals surface area contributed by atoms with Gasteiger partial charge in [-0.2, -0.15) is 0 Å². The first-order valence-corrected chi connectivity index (χ1v) is 11.5. The lowest BCUT2D eigenvalue weighted by atomic mass is 10.0. The first-order valence-electron chi connectivity index (χ1n) is 11.5. The van der Waals surface area contributed by atoms with Crippen LogP contribution in [0, 0.1) is 0 Å². The highest BCUT2D eigenvalue weighted by Crippen LogP contribution is 2.17. The van der Waals surface area contributed by atoms with Crippen LogP contribution in [-0.2, 0) is 25.6 Å². The first-order chi connectivity index (χ1) is 17.4. The van der Waals surface area contributed by atoms with E-state index in [1.165, 1.54) is 9.80 Å². The fourth-order valence-corrected chi connectivity index (χ4v) is 3.80. The van der Waals surface area contributed by atoms with Crippen LogP contribution in [0.1, 0.15) is 12.5 Å². The molecule has 1 aromatic rings. The summed E-state index contributed by atoms with van der Waals surface area (Å²) in [7, 11) is 0. The van der Waals surface area contributed by atoms with E-state index in [9.17, 15) is 39.6 Å². The molecule has 0 heterocycles. The molecule has 0 spiro atoms. The molecule has 1 aromatic carbocycles. The average molecular weight is 530 g/mol. The van der Waals surface area contributed by atoms with Gasteiger partial charge in [-0.15, -0.1) is 0 Å². The molecule has 0 saturated heterocycles. The number of benzene rings is 1. The Morgan fingerprint density at radius 1 is 0.757 bits per heavy atom. The van der Waals surface area contributed by atoms with Crippen molar-refractivity contribution < 1.29 is 54.6 Å². The Hall–Kier alpha value is -3.30. The fraction of sp³-hybridized carbons (Fsp3) is 0.565. The van der Waals surface area contributed by atoms with Crippen molar-refractivity contribution in [2.75, 3.05) is 59.0 Å². The van der Waals surface area contributed by atoms with Crippen molar-refractivity contribution in [1.29, 1.82) is 0 Å². The number of rotatable bonds is 20. The number of hydrogen-bond acceptors (Lipinski definition) is 10. The highest BCUT2D eigenvalue weighted by atomic mass is 16.5. The summed E-state index contributed by atoms with van der Waals surface area (Å²) in [5, 5.41) is 56.0. The predicted octanol–water partition coefficient (Wildman–Crippen LogP) is -1.45. The van der Waals surface area contributed by atoms with Crippen LogP contribution in [0.15, 0.2) is 24.3 Å². The number of ether oxygens (including phenoxy) is 1. The van der Waals surface area contributed by atoms with Crippen LogP contribution >= 0.6 is 0 Å². The first kappa shape index (κ1) is 31.7. The van der Waals surface area contributed by atoms with Crippen LogP contribution < -0.4 is 4.74 Å². The Morgan fingerprint density at radius 3 is 1.70 bits per heavy atom. The van der Waals surface area contributed by atoms with Gasteiger partial charge in [0.2, 0.25) is 0 Å². The normalized spacial score (nSPS) is 12.3. The van der Waals surface area contributed by atoms with Gasteiger partial charge in [0.05, 0.1) is 39.3 Å². The van der Waals surface area contributed by atoms with Gasteiger partial charge in [0, 0.05) is 25.7 Å². The number of aliphatic carboxylic acids is 4.